The highest BCUT2D eigenvalue weighted by Crippen LogP contribution is 2.36. The number of nitrogens with zero attached hydrogens (tertiary/aromatic N) is 18. The standard InChI is InChI=1S/C8H9.C7H10N.3C7H8N.C7H9O.3C6H9N2.2C6H7N2.2C5H7N2.C5H9/c1-7-5-3-4-6-8(7)2;1-6-4-8(3)5-7(6)2;1-6-3-4-8-5-7(6)2;2*1-6-4-3-5-8-7(6)2;1-5-4-6(2)8-7(5)3;1-5-4-8(3)7-6(5)2;2*1-5-4-7-8(3)6(5)2;2*1-5-3-7-4-8-6(5)2;1-5-3-6-4-7(5)2;1-5-3-4-6-7(5)2;1-4-3-5(4)2/h3-6H,1H2,2H3;4-5H,1H2,2-3H3;3-5H,1H2,2H3;3-5H,2H2,1H3;3-5H,1H2,2H3;2*4H,1H2,2-3H3;4H,2H2,1,3H3;4H,1H2,2-3H3;3-4H,2H2,1H3;3-4H,1H2,2H3;2*3-4H,1H2,2H3;4-5H,1,3H2,2H3/q14*+1. The Bertz CT molecular complexity index is 3880. The summed E-state index contributed by atoms with van der Waals surface area (Å²) >= 11 is 0. The number of ketones is 1. The second-order valence-electron chi connectivity index (χ2n) is 25.2. The van der Waals surface area contributed by atoms with Gasteiger partial charge in [0.15, 0.2) is 64.4 Å². The van der Waals surface area contributed by atoms with Crippen molar-refractivity contribution in [3.8, 4) is 0 Å². The zero-order valence-corrected chi connectivity index (χ0v) is 67.3. The number of dihydropyridines is 2. The van der Waals surface area contributed by atoms with Crippen LogP contribution in [0.2, 0.25) is 0 Å². The van der Waals surface area contributed by atoms with Crippen molar-refractivity contribution < 1.29 is 32.3 Å². The first kappa shape index (κ1) is 92.8. The van der Waals surface area contributed by atoms with Crippen LogP contribution in [0, 0.1) is 62.2 Å². The molecule has 14 aliphatic rings. The van der Waals surface area contributed by atoms with Gasteiger partial charge in [0.2, 0.25) is 29.0 Å². The normalized spacial score (nSPS) is 19.5. The highest BCUT2D eigenvalue weighted by Gasteiger charge is 2.34. The summed E-state index contributed by atoms with van der Waals surface area (Å²) < 4.78 is 16.1. The largest absolute Gasteiger partial charge is 0.441 e. The van der Waals surface area contributed by atoms with Gasteiger partial charge in [-0.2, -0.15) is 4.99 Å². The Hall–Kier alpha value is -12.2. The number of rotatable bonds is 0. The number of azo groups is 4. The van der Waals surface area contributed by atoms with E-state index in [0.717, 1.165) is 143 Å². The van der Waals surface area contributed by atoms with Gasteiger partial charge in [-0.1, -0.05) is 70.2 Å². The molecule has 12 aliphatic heterocycles. The highest BCUT2D eigenvalue weighted by molar-refractivity contribution is 6.14. The van der Waals surface area contributed by atoms with Crippen LogP contribution in [0.5, 0.6) is 0 Å². The molecule has 0 amide bonds. The van der Waals surface area contributed by atoms with Crippen LogP contribution >= 0.6 is 0 Å². The van der Waals surface area contributed by atoms with E-state index >= 15 is 0 Å². The lowest BCUT2D eigenvalue weighted by atomic mass is 10.0. The third-order valence-electron chi connectivity index (χ3n) is 15.9. The number of likely N-dealkylation sites (N-methyl/N-ethyl adjacent to an activating group) is 2. The molecule has 0 N–H and O–H groups in total. The molecule has 0 aromatic heterocycles. The Kier molecular flexibility index (Phi) is 42.9. The van der Waals surface area contributed by atoms with Crippen molar-refractivity contribution in [3.05, 3.63) is 322 Å². The van der Waals surface area contributed by atoms with Gasteiger partial charge in [0, 0.05) is 121 Å². The molecule has 0 bridgehead atoms. The number of carbonyl (C=O) groups excluding carboxylic acids is 1. The lowest BCUT2D eigenvalue weighted by molar-refractivity contribution is -0.503. The fourth-order valence-electron chi connectivity index (χ4n) is 7.40. The van der Waals surface area contributed by atoms with Crippen LogP contribution in [0.25, 0.3) is 5.32 Å². The molecular formula is C88H116N18O+14. The van der Waals surface area contributed by atoms with Gasteiger partial charge in [-0.15, -0.1) is 9.98 Å². The quantitative estimate of drug-likeness (QED) is 0.0971. The molecule has 2 unspecified atom stereocenters. The molecule has 107 heavy (non-hydrogen) atoms. The first-order valence-corrected chi connectivity index (χ1v) is 34.2. The molecule has 1 fully saturated rings. The second-order valence-corrected chi connectivity index (χ2v) is 25.2. The first-order chi connectivity index (χ1) is 50.3. The second kappa shape index (κ2) is 49.4. The van der Waals surface area contributed by atoms with Crippen molar-refractivity contribution in [3.63, 3.8) is 0 Å². The summed E-state index contributed by atoms with van der Waals surface area (Å²) in [6.45, 7) is 81.7. The topological polar surface area (TPSA) is 179 Å². The van der Waals surface area contributed by atoms with E-state index in [1.165, 1.54) is 30.6 Å². The monoisotopic (exact) mass is 1440 g/mol. The third kappa shape index (κ3) is 39.3. The van der Waals surface area contributed by atoms with E-state index in [4.69, 9.17) is 4.42 Å². The smallest absolute Gasteiger partial charge is 0.333 e. The van der Waals surface area contributed by atoms with Gasteiger partial charge >= 0.3 is 11.5 Å². The summed E-state index contributed by atoms with van der Waals surface area (Å²) in [4.78, 5) is 27.1. The minimum absolute atomic E-state index is 0.801. The molecule has 19 heteroatoms. The van der Waals surface area contributed by atoms with Crippen molar-refractivity contribution in [2.24, 2.45) is 67.2 Å². The molecule has 12 heterocycles. The van der Waals surface area contributed by atoms with E-state index in [1.807, 2.05) is 211 Å². The summed E-state index contributed by atoms with van der Waals surface area (Å²) in [5.41, 5.74) is 19.6. The van der Waals surface area contributed by atoms with Gasteiger partial charge in [0.1, 0.15) is 73.2 Å². The van der Waals surface area contributed by atoms with Crippen LogP contribution in [-0.4, -0.2) is 156 Å². The minimum atomic E-state index is 0.801. The van der Waals surface area contributed by atoms with Gasteiger partial charge in [0.05, 0.1) is 141 Å². The minimum Gasteiger partial charge on any atom is -0.441 e. The van der Waals surface area contributed by atoms with Crippen molar-refractivity contribution >= 4 is 85.3 Å². The number of hydrogen-bond donors (Lipinski definition) is 0. The molecule has 550 valence electrons. The molecule has 14 rings (SSSR count). The van der Waals surface area contributed by atoms with E-state index in [2.05, 4.69) is 186 Å². The average molecular weight is 1440 g/mol. The highest BCUT2D eigenvalue weighted by atomic mass is 16.4. The van der Waals surface area contributed by atoms with Crippen LogP contribution in [0.4, 0.5) is 0 Å². The van der Waals surface area contributed by atoms with E-state index in [9.17, 15) is 0 Å². The number of hydrazone groups is 2. The Labute approximate surface area is 642 Å². The van der Waals surface area contributed by atoms with Gasteiger partial charge in [0.25, 0.3) is 6.34 Å². The molecule has 0 saturated heterocycles. The van der Waals surface area contributed by atoms with Gasteiger partial charge in [-0.05, 0) is 80.3 Å². The Morgan fingerprint density at radius 1 is 0.617 bits per heavy atom. The van der Waals surface area contributed by atoms with Crippen molar-refractivity contribution in [2.45, 2.75) is 96.4 Å². The van der Waals surface area contributed by atoms with Crippen molar-refractivity contribution in [1.82, 2.24) is 0 Å². The lowest BCUT2D eigenvalue weighted by Gasteiger charge is -2.16. The maximum Gasteiger partial charge on any atom is 0.333 e. The predicted molar refractivity (Wildman–Crippen MR) is 461 cm³/mol. The molecule has 0 spiro atoms. The van der Waals surface area contributed by atoms with E-state index in [0.29, 0.717) is 0 Å². The maximum atomic E-state index is 5.15. The van der Waals surface area contributed by atoms with Gasteiger partial charge in [-0.3, -0.25) is 0 Å². The number of hydrogen-bond acceptors (Lipinski definition) is 11. The van der Waals surface area contributed by atoms with E-state index < -0.39 is 0 Å². The summed E-state index contributed by atoms with van der Waals surface area (Å²) in [5, 5.41) is 19.8. The summed E-state index contributed by atoms with van der Waals surface area (Å²) in [6.07, 6.45) is 47.8. The summed E-state index contributed by atoms with van der Waals surface area (Å²) in [6, 6.07) is 0.944. The Balaban J connectivity index is 0.000000577. The van der Waals surface area contributed by atoms with Gasteiger partial charge < -0.3 is 5.32 Å². The fraction of sp³-hybridized carbons (Fsp3) is 0.250. The number of aliphatic imine (C=N–C) groups is 7. The Morgan fingerprint density at radius 3 is 1.50 bits per heavy atom. The SMILES string of the molecule is C=C1C(C)=CN=[N+]1C.C=C1C=C(C)[O+]=C1C.C=C1C=CN=C[C+]1C.C=C1C=CN=[N+]1C.C=C1C=C[CH+]C=C1C.C=C1C=C[CH+]N=C1C.C=C1C=NC=[N+]1C.C=C1C=N[CH+][N-][C+]1C.C=C1C=N[N+](C)=C1C.C=C1C=[N+](C)C=C1C.C=C1C=[N+](C)N=C1C.C=C1N=CC=C[C+]1C.C=C1N=CN=C[C+]1C.[CH2+]C1CC1C. The molecule has 0 radical (unpaired) electrons. The molecule has 0 aromatic carbocycles. The zero-order chi connectivity index (χ0) is 81.0. The van der Waals surface area contributed by atoms with Crippen LogP contribution in [0.15, 0.2) is 322 Å². The first-order valence-electron chi connectivity index (χ1n) is 34.2. The molecule has 0 aromatic rings. The van der Waals surface area contributed by atoms with E-state index in [1.54, 1.807) is 70.4 Å². The lowest BCUT2D eigenvalue weighted by Crippen LogP contribution is -2.02. The van der Waals surface area contributed by atoms with Gasteiger partial charge in [-0.25, -0.2) is 28.6 Å². The average Bonchev–Trinajstić information content (AvgIpc) is 1.76. The third-order valence-corrected chi connectivity index (χ3v) is 15.9. The molecule has 19 nitrogen and oxygen atoms in total. The summed E-state index contributed by atoms with van der Waals surface area (Å²) in [7, 11) is 11.5. The van der Waals surface area contributed by atoms with Crippen LogP contribution in [0.1, 0.15) is 96.4 Å². The fourth-order valence-corrected chi connectivity index (χ4v) is 7.40. The molecule has 1 saturated carbocycles. The van der Waals surface area contributed by atoms with Crippen molar-refractivity contribution in [1.29, 1.82) is 0 Å². The Morgan fingerprint density at radius 2 is 1.26 bits per heavy atom. The molecule has 2 aliphatic carbocycles. The van der Waals surface area contributed by atoms with Crippen molar-refractivity contribution in [2.75, 3.05) is 42.3 Å². The van der Waals surface area contributed by atoms with Crippen LogP contribution in [-0.2, 0) is 4.42 Å². The maximum absolute atomic E-state index is 5.15. The van der Waals surface area contributed by atoms with E-state index in [-0.39, 0.29) is 0 Å². The van der Waals surface area contributed by atoms with Crippen LogP contribution in [0.3, 0.4) is 0 Å². The number of allylic oxidation sites excluding steroid dienone is 22. The predicted octanol–water partition coefficient (Wildman–Crippen LogP) is 18.8. The molecule has 2 atom stereocenters. The molecular weight excluding hydrogens is 1330 g/mol. The summed E-state index contributed by atoms with van der Waals surface area (Å²) in [5.74, 6) is 6.92. The van der Waals surface area contributed by atoms with Crippen LogP contribution < -0.4 is 0 Å². The zero-order valence-electron chi connectivity index (χ0n) is 67.3.